The van der Waals surface area contributed by atoms with E-state index in [1.165, 1.54) is 10.9 Å². The van der Waals surface area contributed by atoms with Crippen LogP contribution in [-0.4, -0.2) is 23.9 Å². The molecule has 1 aromatic carbocycles. The van der Waals surface area contributed by atoms with Crippen molar-refractivity contribution in [3.8, 4) is 0 Å². The van der Waals surface area contributed by atoms with E-state index in [9.17, 15) is 9.18 Å². The van der Waals surface area contributed by atoms with Gasteiger partial charge < -0.3 is 5.32 Å². The third-order valence-electron chi connectivity index (χ3n) is 3.51. The highest BCUT2D eigenvalue weighted by Gasteiger charge is 2.19. The molecule has 0 saturated heterocycles. The summed E-state index contributed by atoms with van der Waals surface area (Å²) in [6.45, 7) is 4.21. The molecule has 3 nitrogen and oxygen atoms in total. The first-order valence-electron chi connectivity index (χ1n) is 6.88. The summed E-state index contributed by atoms with van der Waals surface area (Å²) in [5.74, 6) is -0.469. The lowest BCUT2D eigenvalue weighted by Gasteiger charge is -2.23. The van der Waals surface area contributed by atoms with Crippen LogP contribution in [0.15, 0.2) is 34.1 Å². The van der Waals surface area contributed by atoms with Gasteiger partial charge in [0.25, 0.3) is 0 Å². The number of anilines is 1. The van der Waals surface area contributed by atoms with Gasteiger partial charge in [0.1, 0.15) is 5.82 Å². The van der Waals surface area contributed by atoms with E-state index in [1.807, 2.05) is 31.0 Å². The van der Waals surface area contributed by atoms with Crippen molar-refractivity contribution in [1.29, 1.82) is 0 Å². The quantitative estimate of drug-likeness (QED) is 0.827. The van der Waals surface area contributed by atoms with Crippen LogP contribution in [0.1, 0.15) is 17.4 Å². The van der Waals surface area contributed by atoms with Crippen LogP contribution >= 0.6 is 27.3 Å². The predicted octanol–water partition coefficient (Wildman–Crippen LogP) is 4.42. The molecular formula is C16H18BrFN2OS. The van der Waals surface area contributed by atoms with Crippen molar-refractivity contribution in [2.45, 2.75) is 26.4 Å². The number of hydrogen-bond acceptors (Lipinski definition) is 3. The van der Waals surface area contributed by atoms with E-state index in [0.717, 1.165) is 3.79 Å². The summed E-state index contributed by atoms with van der Waals surface area (Å²) in [6.07, 6.45) is 0. The van der Waals surface area contributed by atoms with E-state index in [-0.39, 0.29) is 17.8 Å². The molecule has 0 aliphatic heterocycles. The lowest BCUT2D eigenvalue weighted by Crippen LogP contribution is -2.39. The lowest BCUT2D eigenvalue weighted by molar-refractivity contribution is -0.120. The molecule has 0 aliphatic rings. The lowest BCUT2D eigenvalue weighted by atomic mass is 10.2. The minimum absolute atomic E-state index is 0.152. The van der Waals surface area contributed by atoms with Crippen LogP contribution in [0.5, 0.6) is 0 Å². The van der Waals surface area contributed by atoms with E-state index < -0.39 is 0 Å². The average Bonchev–Trinajstić information content (AvgIpc) is 2.87. The highest BCUT2D eigenvalue weighted by Crippen LogP contribution is 2.23. The Labute approximate surface area is 142 Å². The smallest absolute Gasteiger partial charge is 0.241 e. The Kier molecular flexibility index (Phi) is 5.72. The highest BCUT2D eigenvalue weighted by atomic mass is 79.9. The summed E-state index contributed by atoms with van der Waals surface area (Å²) in [5.41, 5.74) is 1.04. The number of hydrogen-bond donors (Lipinski definition) is 1. The number of nitrogens with zero attached hydrogens (tertiary/aromatic N) is 1. The van der Waals surface area contributed by atoms with Gasteiger partial charge in [0.2, 0.25) is 5.91 Å². The van der Waals surface area contributed by atoms with Crippen molar-refractivity contribution in [3.05, 3.63) is 50.4 Å². The molecule has 6 heteroatoms. The minimum Gasteiger partial charge on any atom is -0.325 e. The van der Waals surface area contributed by atoms with Crippen molar-refractivity contribution in [3.63, 3.8) is 0 Å². The zero-order chi connectivity index (χ0) is 16.3. The van der Waals surface area contributed by atoms with E-state index >= 15 is 0 Å². The molecule has 1 aromatic heterocycles. The van der Waals surface area contributed by atoms with Crippen molar-refractivity contribution in [1.82, 2.24) is 4.90 Å². The van der Waals surface area contributed by atoms with Crippen LogP contribution in [0.2, 0.25) is 0 Å². The molecule has 2 aromatic rings. The number of likely N-dealkylation sites (N-methyl/N-ethyl adjacent to an activating group) is 1. The van der Waals surface area contributed by atoms with Gasteiger partial charge in [-0.1, -0.05) is 6.07 Å². The second-order valence-corrected chi connectivity index (χ2v) is 7.80. The van der Waals surface area contributed by atoms with E-state index in [2.05, 4.69) is 21.2 Å². The van der Waals surface area contributed by atoms with Crippen LogP contribution in [-0.2, 0) is 11.3 Å². The number of halogens is 2. The minimum atomic E-state index is -0.317. The van der Waals surface area contributed by atoms with E-state index in [0.29, 0.717) is 17.8 Å². The molecule has 118 valence electrons. The average molecular weight is 385 g/mol. The summed E-state index contributed by atoms with van der Waals surface area (Å²) >= 11 is 5.08. The third-order valence-corrected chi connectivity index (χ3v) is 5.12. The number of amides is 1. The molecule has 0 unspecified atom stereocenters. The summed E-state index contributed by atoms with van der Waals surface area (Å²) in [4.78, 5) is 15.4. The number of aryl methyl sites for hydroxylation is 1. The molecule has 2 rings (SSSR count). The fourth-order valence-electron chi connectivity index (χ4n) is 1.94. The van der Waals surface area contributed by atoms with Crippen molar-refractivity contribution in [2.75, 3.05) is 12.4 Å². The number of nitrogens with one attached hydrogen (secondary N) is 1. The van der Waals surface area contributed by atoms with Gasteiger partial charge in [-0.3, -0.25) is 9.69 Å². The first-order valence-corrected chi connectivity index (χ1v) is 8.49. The molecule has 0 spiro atoms. The Morgan fingerprint density at radius 3 is 2.73 bits per heavy atom. The van der Waals surface area contributed by atoms with Crippen molar-refractivity contribution >= 4 is 38.9 Å². The van der Waals surface area contributed by atoms with E-state index in [1.54, 1.807) is 30.4 Å². The monoisotopic (exact) mass is 384 g/mol. The zero-order valence-corrected chi connectivity index (χ0v) is 15.1. The fourth-order valence-corrected chi connectivity index (χ4v) is 3.48. The largest absolute Gasteiger partial charge is 0.325 e. The number of benzene rings is 1. The molecule has 0 bridgehead atoms. The van der Waals surface area contributed by atoms with Gasteiger partial charge in [0.05, 0.1) is 9.83 Å². The molecule has 1 amide bonds. The molecule has 0 aliphatic carbocycles. The number of thiophene rings is 1. The topological polar surface area (TPSA) is 32.3 Å². The summed E-state index contributed by atoms with van der Waals surface area (Å²) < 4.78 is 14.6. The Morgan fingerprint density at radius 1 is 1.41 bits per heavy atom. The van der Waals surface area contributed by atoms with Crippen LogP contribution in [0.25, 0.3) is 0 Å². The molecule has 0 fully saturated rings. The van der Waals surface area contributed by atoms with E-state index in [4.69, 9.17) is 0 Å². The first-order chi connectivity index (χ1) is 10.4. The Hall–Kier alpha value is -1.24. The maximum absolute atomic E-state index is 13.5. The van der Waals surface area contributed by atoms with Crippen molar-refractivity contribution < 1.29 is 9.18 Å². The van der Waals surface area contributed by atoms with Gasteiger partial charge in [-0.05, 0) is 66.7 Å². The van der Waals surface area contributed by atoms with Crippen LogP contribution in [0, 0.1) is 12.7 Å². The second-order valence-electron chi connectivity index (χ2n) is 5.25. The molecule has 0 radical (unpaired) electrons. The van der Waals surface area contributed by atoms with Crippen LogP contribution in [0.3, 0.4) is 0 Å². The van der Waals surface area contributed by atoms with Crippen LogP contribution < -0.4 is 5.32 Å². The summed E-state index contributed by atoms with van der Waals surface area (Å²) in [6, 6.07) is 8.42. The maximum Gasteiger partial charge on any atom is 0.241 e. The Morgan fingerprint density at radius 2 is 2.14 bits per heavy atom. The summed E-state index contributed by atoms with van der Waals surface area (Å²) in [5, 5.41) is 2.76. The highest BCUT2D eigenvalue weighted by molar-refractivity contribution is 9.11. The standard InChI is InChI=1S/C16H18BrFN2OS/c1-10-4-5-12(8-14(10)18)19-16(21)11(2)20(3)9-13-6-7-15(17)22-13/h4-8,11H,9H2,1-3H3,(H,19,21)/t11-/m1/s1. The van der Waals surface area contributed by atoms with Gasteiger partial charge in [0, 0.05) is 17.1 Å². The second kappa shape index (κ2) is 7.35. The first kappa shape index (κ1) is 17.1. The molecule has 1 N–H and O–H groups in total. The normalized spacial score (nSPS) is 12.5. The number of rotatable bonds is 5. The number of carbonyl (C=O) groups is 1. The van der Waals surface area contributed by atoms with Gasteiger partial charge in [-0.25, -0.2) is 4.39 Å². The molecule has 0 saturated carbocycles. The van der Waals surface area contributed by atoms with Gasteiger partial charge >= 0.3 is 0 Å². The summed E-state index contributed by atoms with van der Waals surface area (Å²) in [7, 11) is 1.90. The fraction of sp³-hybridized carbons (Fsp3) is 0.312. The predicted molar refractivity (Wildman–Crippen MR) is 92.7 cm³/mol. The zero-order valence-electron chi connectivity index (χ0n) is 12.7. The van der Waals surface area contributed by atoms with Crippen LogP contribution in [0.4, 0.5) is 10.1 Å². The molecule has 1 atom stereocenters. The third kappa shape index (κ3) is 4.38. The number of carbonyl (C=O) groups excluding carboxylic acids is 1. The molecular weight excluding hydrogens is 367 g/mol. The van der Waals surface area contributed by atoms with Gasteiger partial charge in [0.15, 0.2) is 0 Å². The maximum atomic E-state index is 13.5. The SMILES string of the molecule is Cc1ccc(NC(=O)[C@@H](C)N(C)Cc2ccc(Br)s2)cc1F. The van der Waals surface area contributed by atoms with Gasteiger partial charge in [-0.15, -0.1) is 11.3 Å². The molecule has 22 heavy (non-hydrogen) atoms. The van der Waals surface area contributed by atoms with Crippen molar-refractivity contribution in [2.24, 2.45) is 0 Å². The molecule has 1 heterocycles. The van der Waals surface area contributed by atoms with Gasteiger partial charge in [-0.2, -0.15) is 0 Å². The Bertz CT molecular complexity index is 674. The Balaban J connectivity index is 1.97.